The van der Waals surface area contributed by atoms with Gasteiger partial charge in [-0.3, -0.25) is 14.8 Å². The van der Waals surface area contributed by atoms with Gasteiger partial charge in [0.1, 0.15) is 16.8 Å². The maximum absolute atomic E-state index is 12.4. The van der Waals surface area contributed by atoms with Crippen LogP contribution in [0.2, 0.25) is 0 Å². The third kappa shape index (κ3) is 7.41. The molecular weight excluding hydrogens is 438 g/mol. The van der Waals surface area contributed by atoms with Crippen molar-refractivity contribution >= 4 is 34.0 Å². The van der Waals surface area contributed by atoms with Crippen LogP contribution >= 0.6 is 0 Å². The summed E-state index contributed by atoms with van der Waals surface area (Å²) in [6.45, 7) is 0.490. The third-order valence-corrected chi connectivity index (χ3v) is 5.27. The number of nitrogens with zero attached hydrogens (tertiary/aromatic N) is 2. The molecule has 1 heterocycles. The Hall–Kier alpha value is -3.35. The van der Waals surface area contributed by atoms with Crippen LogP contribution in [0.25, 0.3) is 0 Å². The van der Waals surface area contributed by atoms with Crippen molar-refractivity contribution in [1.82, 2.24) is 10.3 Å². The molecule has 0 radical (unpaired) electrons. The quantitative estimate of drug-likeness (QED) is 0.125. The van der Waals surface area contributed by atoms with E-state index in [4.69, 9.17) is 10.5 Å². The number of carbonyl (C=O) groups excluding carboxylic acids is 2. The summed E-state index contributed by atoms with van der Waals surface area (Å²) in [5.41, 5.74) is 8.47. The topological polar surface area (TPSA) is 173 Å². The Balaban J connectivity index is 2.01. The number of nitrogens with one attached hydrogen (secondary N) is 2. The molecule has 0 bridgehead atoms. The average Bonchev–Trinajstić information content (AvgIpc) is 2.78. The first-order valence-electron chi connectivity index (χ1n) is 9.66. The van der Waals surface area contributed by atoms with Gasteiger partial charge in [0.25, 0.3) is 16.0 Å². The second kappa shape index (κ2) is 11.9. The van der Waals surface area contributed by atoms with Crippen molar-refractivity contribution in [2.75, 3.05) is 19.1 Å². The van der Waals surface area contributed by atoms with Gasteiger partial charge >= 0.3 is 5.97 Å². The number of rotatable bonds is 11. The zero-order valence-corrected chi connectivity index (χ0v) is 18.2. The van der Waals surface area contributed by atoms with Crippen molar-refractivity contribution in [1.29, 1.82) is 0 Å². The number of pyridine rings is 1. The molecule has 1 aromatic heterocycles. The number of amides is 1. The molecule has 0 fully saturated rings. The molecule has 0 saturated carbocycles. The summed E-state index contributed by atoms with van der Waals surface area (Å²) in [6, 6.07) is 7.98. The normalized spacial score (nSPS) is 12.3. The first kappa shape index (κ1) is 24.9. The number of nitrogens with two attached hydrogens (primary N) is 1. The number of hydrogen-bond acceptors (Lipinski definition) is 9. The Morgan fingerprint density at radius 3 is 2.62 bits per heavy atom. The zero-order valence-electron chi connectivity index (χ0n) is 17.4. The fourth-order valence-corrected chi connectivity index (χ4v) is 3.38. The van der Waals surface area contributed by atoms with Crippen molar-refractivity contribution in [3.63, 3.8) is 0 Å². The van der Waals surface area contributed by atoms with E-state index in [0.717, 1.165) is 6.42 Å². The monoisotopic (exact) mass is 463 g/mol. The van der Waals surface area contributed by atoms with Crippen LogP contribution < -0.4 is 16.5 Å². The fourth-order valence-electron chi connectivity index (χ4n) is 2.71. The van der Waals surface area contributed by atoms with Crippen LogP contribution in [0.5, 0.6) is 0 Å². The lowest BCUT2D eigenvalue weighted by Gasteiger charge is -2.16. The van der Waals surface area contributed by atoms with Crippen molar-refractivity contribution in [2.45, 2.75) is 30.2 Å². The van der Waals surface area contributed by atoms with E-state index in [1.807, 2.05) is 0 Å². The largest absolute Gasteiger partial charge is 0.467 e. The van der Waals surface area contributed by atoms with Crippen LogP contribution in [0, 0.1) is 0 Å². The van der Waals surface area contributed by atoms with Gasteiger partial charge < -0.3 is 15.8 Å². The highest BCUT2D eigenvalue weighted by molar-refractivity contribution is 7.86. The molecule has 1 atom stereocenters. The summed E-state index contributed by atoms with van der Waals surface area (Å²) in [4.78, 5) is 28.1. The lowest BCUT2D eigenvalue weighted by atomic mass is 10.1. The van der Waals surface area contributed by atoms with E-state index < -0.39 is 28.0 Å². The first-order chi connectivity index (χ1) is 15.3. The molecule has 12 heteroatoms. The van der Waals surface area contributed by atoms with Crippen LogP contribution in [0.15, 0.2) is 52.6 Å². The fraction of sp³-hybridized carbons (Fsp3) is 0.300. The smallest absolute Gasteiger partial charge is 0.328 e. The highest BCUT2D eigenvalue weighted by Gasteiger charge is 2.21. The molecule has 0 aliphatic heterocycles. The number of esters is 1. The number of carbonyl (C=O) groups is 2. The van der Waals surface area contributed by atoms with Crippen molar-refractivity contribution in [3.05, 3.63) is 53.7 Å². The third-order valence-electron chi connectivity index (χ3n) is 4.34. The van der Waals surface area contributed by atoms with Crippen molar-refractivity contribution < 1.29 is 27.3 Å². The highest BCUT2D eigenvalue weighted by atomic mass is 32.2. The van der Waals surface area contributed by atoms with E-state index in [9.17, 15) is 22.6 Å². The predicted molar refractivity (Wildman–Crippen MR) is 118 cm³/mol. The second-order valence-corrected chi connectivity index (χ2v) is 8.04. The Morgan fingerprint density at radius 2 is 2.00 bits per heavy atom. The van der Waals surface area contributed by atoms with E-state index in [2.05, 4.69) is 20.8 Å². The van der Waals surface area contributed by atoms with Gasteiger partial charge in [-0.25, -0.2) is 9.78 Å². The molecular formula is C20H25N5O6S. The van der Waals surface area contributed by atoms with Crippen LogP contribution in [0.3, 0.4) is 0 Å². The molecule has 1 aromatic carbocycles. The second-order valence-electron chi connectivity index (χ2n) is 6.65. The summed E-state index contributed by atoms with van der Waals surface area (Å²) in [7, 11) is -3.14. The first-order valence-corrected chi connectivity index (χ1v) is 11.1. The molecule has 2 aromatic rings. The van der Waals surface area contributed by atoms with Crippen LogP contribution in [0.4, 0.5) is 5.82 Å². The molecule has 2 rings (SSSR count). The summed E-state index contributed by atoms with van der Waals surface area (Å²) >= 11 is 0. The van der Waals surface area contributed by atoms with E-state index in [0.29, 0.717) is 19.4 Å². The lowest BCUT2D eigenvalue weighted by molar-refractivity contribution is -0.143. The molecule has 5 N–H and O–H groups in total. The molecule has 32 heavy (non-hydrogen) atoms. The average molecular weight is 464 g/mol. The summed E-state index contributed by atoms with van der Waals surface area (Å²) < 4.78 is 36.8. The Bertz CT molecular complexity index is 1060. The molecule has 0 spiro atoms. The Morgan fingerprint density at radius 1 is 1.25 bits per heavy atom. The predicted octanol–water partition coefficient (Wildman–Crippen LogP) is 1.17. The SMILES string of the molecule is COC(=O)C(CCCCN)NC(=O)c1ccc(NN=Cc2ccccc2S(=O)(=O)O)nc1. The molecule has 1 unspecified atom stereocenters. The molecule has 0 aliphatic carbocycles. The number of ether oxygens (including phenoxy) is 1. The van der Waals surface area contributed by atoms with Gasteiger partial charge in [-0.1, -0.05) is 18.2 Å². The minimum absolute atomic E-state index is 0.182. The molecule has 11 nitrogen and oxygen atoms in total. The number of hydrogen-bond donors (Lipinski definition) is 4. The molecule has 1 amide bonds. The number of benzene rings is 1. The van der Waals surface area contributed by atoms with Gasteiger partial charge in [-0.05, 0) is 44.0 Å². The van der Waals surface area contributed by atoms with Crippen molar-refractivity contribution in [3.8, 4) is 0 Å². The van der Waals surface area contributed by atoms with Gasteiger partial charge in [0.2, 0.25) is 0 Å². The van der Waals surface area contributed by atoms with E-state index in [1.165, 1.54) is 49.9 Å². The van der Waals surface area contributed by atoms with Gasteiger partial charge in [-0.2, -0.15) is 13.5 Å². The van der Waals surface area contributed by atoms with Gasteiger partial charge in [0.15, 0.2) is 0 Å². The van der Waals surface area contributed by atoms with E-state index in [1.54, 1.807) is 6.07 Å². The lowest BCUT2D eigenvalue weighted by Crippen LogP contribution is -2.41. The number of methoxy groups -OCH3 is 1. The zero-order chi connectivity index (χ0) is 23.6. The molecule has 0 saturated heterocycles. The van der Waals surface area contributed by atoms with Crippen LogP contribution in [0.1, 0.15) is 35.2 Å². The molecule has 0 aliphatic rings. The maximum atomic E-state index is 12.4. The minimum Gasteiger partial charge on any atom is -0.467 e. The van der Waals surface area contributed by atoms with E-state index in [-0.39, 0.29) is 21.8 Å². The summed E-state index contributed by atoms with van der Waals surface area (Å²) in [5.74, 6) is -0.742. The van der Waals surface area contributed by atoms with Gasteiger partial charge in [-0.15, -0.1) is 0 Å². The standard InChI is InChI=1S/C20H25N5O6S/c1-31-20(27)16(7-4-5-11-21)24-19(26)15-9-10-18(22-12-15)25-23-13-14-6-2-3-8-17(14)32(28,29)30/h2-3,6,8-10,12-13,16H,4-5,7,11,21H2,1H3,(H,22,25)(H,24,26)(H,28,29,30). The van der Waals surface area contributed by atoms with Crippen LogP contribution in [-0.2, 0) is 19.6 Å². The summed E-state index contributed by atoms with van der Waals surface area (Å²) in [5, 5.41) is 6.52. The summed E-state index contributed by atoms with van der Waals surface area (Å²) in [6.07, 6.45) is 4.31. The number of unbranched alkanes of at least 4 members (excludes halogenated alkanes) is 1. The minimum atomic E-state index is -4.39. The maximum Gasteiger partial charge on any atom is 0.328 e. The van der Waals surface area contributed by atoms with E-state index >= 15 is 0 Å². The van der Waals surface area contributed by atoms with Gasteiger partial charge in [0.05, 0.1) is 18.9 Å². The Kier molecular flexibility index (Phi) is 9.25. The highest BCUT2D eigenvalue weighted by Crippen LogP contribution is 2.13. The Labute approximate surface area is 185 Å². The van der Waals surface area contributed by atoms with Crippen LogP contribution in [-0.4, -0.2) is 55.7 Å². The molecule has 172 valence electrons. The van der Waals surface area contributed by atoms with Crippen molar-refractivity contribution in [2.24, 2.45) is 10.8 Å². The number of anilines is 1. The van der Waals surface area contributed by atoms with Gasteiger partial charge in [0, 0.05) is 11.8 Å². The number of aromatic nitrogens is 1. The number of hydrazone groups is 1.